The van der Waals surface area contributed by atoms with E-state index in [1.807, 2.05) is 6.92 Å². The van der Waals surface area contributed by atoms with Crippen LogP contribution < -0.4 is 20.9 Å². The van der Waals surface area contributed by atoms with Crippen molar-refractivity contribution < 1.29 is 19.1 Å². The molecular weight excluding hydrogens is 521 g/mol. The van der Waals surface area contributed by atoms with Crippen LogP contribution in [0.2, 0.25) is 10.0 Å². The number of nitrogens with one attached hydrogen (secondary N) is 2. The van der Waals surface area contributed by atoms with Gasteiger partial charge < -0.3 is 20.1 Å². The minimum absolute atomic E-state index is 0.0281. The van der Waals surface area contributed by atoms with Crippen LogP contribution >= 0.6 is 23.2 Å². The first-order chi connectivity index (χ1) is 17.8. The normalized spacial score (nSPS) is 11.6. The number of benzene rings is 1. The summed E-state index contributed by atoms with van der Waals surface area (Å²) in [6.07, 6.45) is 4.26. The number of aryl methyl sites for hydroxylation is 1. The third-order valence-electron chi connectivity index (χ3n) is 5.39. The Kier molecular flexibility index (Phi) is 10.0. The van der Waals surface area contributed by atoms with Gasteiger partial charge in [0.1, 0.15) is 6.04 Å². The number of halogens is 2. The Morgan fingerprint density at radius 1 is 1.11 bits per heavy atom. The second kappa shape index (κ2) is 13.2. The second-order valence-corrected chi connectivity index (χ2v) is 8.75. The maximum absolute atomic E-state index is 13.0. The van der Waals surface area contributed by atoms with Gasteiger partial charge in [-0.2, -0.15) is 5.10 Å². The van der Waals surface area contributed by atoms with E-state index in [0.29, 0.717) is 30.1 Å². The van der Waals surface area contributed by atoms with Crippen molar-refractivity contribution in [2.24, 2.45) is 7.05 Å². The van der Waals surface area contributed by atoms with Crippen molar-refractivity contribution in [2.75, 3.05) is 26.9 Å². The summed E-state index contributed by atoms with van der Waals surface area (Å²) in [7, 11) is 3.08. The lowest BCUT2D eigenvalue weighted by Gasteiger charge is -2.19. The Bertz CT molecular complexity index is 1290. The standard InChI is InChI=1S/C25H27Cl2N5O5/c1-4-37-20-14-30-32(2)25(35)21(20)16-7-5-15(6-8-16)11-19(23(33)29-9-10-36-3)31-24(34)22-17(26)12-28-13-18(22)27/h5-8,12-14,19H,4,9-11H2,1-3H3,(H,29,33)(H,31,34). The van der Waals surface area contributed by atoms with Crippen molar-refractivity contribution in [3.8, 4) is 16.9 Å². The van der Waals surface area contributed by atoms with Gasteiger partial charge in [0, 0.05) is 39.5 Å². The first kappa shape index (κ1) is 28.1. The van der Waals surface area contributed by atoms with Gasteiger partial charge in [0.05, 0.1) is 40.6 Å². The van der Waals surface area contributed by atoms with Crippen LogP contribution in [0.4, 0.5) is 0 Å². The van der Waals surface area contributed by atoms with Gasteiger partial charge in [-0.25, -0.2) is 4.68 Å². The molecule has 0 aliphatic heterocycles. The summed E-state index contributed by atoms with van der Waals surface area (Å²) in [5, 5.41) is 9.60. The molecule has 0 aliphatic carbocycles. The number of hydrogen-bond acceptors (Lipinski definition) is 7. The highest BCUT2D eigenvalue weighted by Crippen LogP contribution is 2.26. The Balaban J connectivity index is 1.87. The predicted molar refractivity (Wildman–Crippen MR) is 140 cm³/mol. The summed E-state index contributed by atoms with van der Waals surface area (Å²) in [5.41, 5.74) is 1.49. The van der Waals surface area contributed by atoms with E-state index in [2.05, 4.69) is 20.7 Å². The van der Waals surface area contributed by atoms with Crippen LogP contribution in [0.25, 0.3) is 11.1 Å². The highest BCUT2D eigenvalue weighted by Gasteiger charge is 2.24. The highest BCUT2D eigenvalue weighted by molar-refractivity contribution is 6.39. The van der Waals surface area contributed by atoms with E-state index in [9.17, 15) is 14.4 Å². The fourth-order valence-corrected chi connectivity index (χ4v) is 4.10. The number of ether oxygens (including phenoxy) is 2. The highest BCUT2D eigenvalue weighted by atomic mass is 35.5. The van der Waals surface area contributed by atoms with Crippen molar-refractivity contribution in [1.82, 2.24) is 25.4 Å². The van der Waals surface area contributed by atoms with Crippen LogP contribution in [0, 0.1) is 0 Å². The molecule has 0 saturated heterocycles. The molecule has 2 heterocycles. The summed E-state index contributed by atoms with van der Waals surface area (Å²) < 4.78 is 11.8. The lowest BCUT2D eigenvalue weighted by Crippen LogP contribution is -2.48. The molecule has 12 heteroatoms. The molecular formula is C25H27Cl2N5O5. The van der Waals surface area contributed by atoms with Crippen molar-refractivity contribution >= 4 is 35.0 Å². The molecule has 1 atom stereocenters. The quantitative estimate of drug-likeness (QED) is 0.353. The van der Waals surface area contributed by atoms with Crippen LogP contribution in [-0.4, -0.2) is 59.5 Å². The molecule has 37 heavy (non-hydrogen) atoms. The lowest BCUT2D eigenvalue weighted by molar-refractivity contribution is -0.123. The molecule has 2 N–H and O–H groups in total. The van der Waals surface area contributed by atoms with E-state index in [1.165, 1.54) is 30.4 Å². The molecule has 1 aromatic carbocycles. The summed E-state index contributed by atoms with van der Waals surface area (Å²) in [4.78, 5) is 42.5. The van der Waals surface area contributed by atoms with E-state index in [4.69, 9.17) is 32.7 Å². The van der Waals surface area contributed by atoms with Gasteiger partial charge in [0.2, 0.25) is 5.91 Å². The Morgan fingerprint density at radius 3 is 2.41 bits per heavy atom. The molecule has 0 radical (unpaired) electrons. The van der Waals surface area contributed by atoms with Gasteiger partial charge in [-0.05, 0) is 18.1 Å². The average molecular weight is 548 g/mol. The largest absolute Gasteiger partial charge is 0.491 e. The monoisotopic (exact) mass is 547 g/mol. The molecule has 3 rings (SSSR count). The number of hydrogen-bond donors (Lipinski definition) is 2. The van der Waals surface area contributed by atoms with E-state index in [1.54, 1.807) is 31.3 Å². The number of carbonyl (C=O) groups excluding carboxylic acids is 2. The molecule has 1 unspecified atom stereocenters. The molecule has 0 fully saturated rings. The minimum atomic E-state index is -0.941. The van der Waals surface area contributed by atoms with Gasteiger partial charge in [0.25, 0.3) is 11.5 Å². The Hall–Kier alpha value is -3.47. The molecule has 10 nitrogen and oxygen atoms in total. The zero-order chi connectivity index (χ0) is 26.9. The molecule has 0 bridgehead atoms. The minimum Gasteiger partial charge on any atom is -0.491 e. The first-order valence-corrected chi connectivity index (χ1v) is 12.2. The van der Waals surface area contributed by atoms with E-state index in [0.717, 1.165) is 5.56 Å². The average Bonchev–Trinajstić information content (AvgIpc) is 2.87. The number of methoxy groups -OCH3 is 1. The number of amides is 2. The van der Waals surface area contributed by atoms with Gasteiger partial charge in [0.15, 0.2) is 5.75 Å². The van der Waals surface area contributed by atoms with E-state index >= 15 is 0 Å². The maximum Gasteiger partial charge on any atom is 0.278 e. The molecule has 2 amide bonds. The summed E-state index contributed by atoms with van der Waals surface area (Å²) in [6, 6.07) is 6.13. The maximum atomic E-state index is 13.0. The molecule has 3 aromatic rings. The predicted octanol–water partition coefficient (Wildman–Crippen LogP) is 2.65. The number of rotatable bonds is 11. The summed E-state index contributed by atoms with van der Waals surface area (Å²) >= 11 is 12.2. The van der Waals surface area contributed by atoms with Crippen LogP contribution in [0.15, 0.2) is 47.7 Å². The smallest absolute Gasteiger partial charge is 0.278 e. The second-order valence-electron chi connectivity index (χ2n) is 7.93. The molecule has 0 aliphatic rings. The first-order valence-electron chi connectivity index (χ1n) is 11.4. The zero-order valence-corrected chi connectivity index (χ0v) is 22.1. The van der Waals surface area contributed by atoms with Crippen molar-refractivity contribution in [1.29, 1.82) is 0 Å². The number of aromatic nitrogens is 3. The Labute approximate surface area is 223 Å². The third kappa shape index (κ3) is 7.06. The number of nitrogens with zero attached hydrogens (tertiary/aromatic N) is 3. The van der Waals surface area contributed by atoms with Crippen LogP contribution in [0.1, 0.15) is 22.8 Å². The number of pyridine rings is 1. The van der Waals surface area contributed by atoms with Gasteiger partial charge in [-0.3, -0.25) is 19.4 Å². The molecule has 0 spiro atoms. The summed E-state index contributed by atoms with van der Waals surface area (Å²) in [6.45, 7) is 2.78. The molecule has 196 valence electrons. The van der Waals surface area contributed by atoms with Crippen molar-refractivity contribution in [3.63, 3.8) is 0 Å². The van der Waals surface area contributed by atoms with Crippen LogP contribution in [0.3, 0.4) is 0 Å². The fraction of sp³-hybridized carbons (Fsp3) is 0.320. The topological polar surface area (TPSA) is 124 Å². The molecule has 0 saturated carbocycles. The van der Waals surface area contributed by atoms with Gasteiger partial charge >= 0.3 is 0 Å². The SMILES string of the molecule is CCOc1cnn(C)c(=O)c1-c1ccc(CC(NC(=O)c2c(Cl)cncc2Cl)C(=O)NCCOC)cc1. The van der Waals surface area contributed by atoms with Crippen molar-refractivity contribution in [3.05, 3.63) is 74.4 Å². The number of carbonyl (C=O) groups is 2. The van der Waals surface area contributed by atoms with E-state index < -0.39 is 17.9 Å². The van der Waals surface area contributed by atoms with Crippen LogP contribution in [0.5, 0.6) is 5.75 Å². The zero-order valence-electron chi connectivity index (χ0n) is 20.6. The fourth-order valence-electron chi connectivity index (χ4n) is 3.56. The van der Waals surface area contributed by atoms with Gasteiger partial charge in [-0.15, -0.1) is 0 Å². The lowest BCUT2D eigenvalue weighted by atomic mass is 10.0. The Morgan fingerprint density at radius 2 is 1.78 bits per heavy atom. The van der Waals surface area contributed by atoms with Gasteiger partial charge in [-0.1, -0.05) is 47.5 Å². The van der Waals surface area contributed by atoms with E-state index in [-0.39, 0.29) is 34.1 Å². The molecule has 2 aromatic heterocycles. The summed E-state index contributed by atoms with van der Waals surface area (Å²) in [5.74, 6) is -0.632. The third-order valence-corrected chi connectivity index (χ3v) is 5.97. The van der Waals surface area contributed by atoms with Crippen molar-refractivity contribution in [2.45, 2.75) is 19.4 Å². The van der Waals surface area contributed by atoms with Crippen LogP contribution in [-0.2, 0) is 23.0 Å².